The molecule has 0 aromatic rings. The average molecular weight is 718 g/mol. The van der Waals surface area contributed by atoms with Crippen LogP contribution >= 0.6 is 18.5 Å². The van der Waals surface area contributed by atoms with E-state index in [4.69, 9.17) is 0 Å². The first kappa shape index (κ1) is 40.4. The molecule has 0 spiro atoms. The van der Waals surface area contributed by atoms with Gasteiger partial charge in [0.05, 0.1) is 0 Å². The molecular weight excluding hydrogens is 662 g/mol. The van der Waals surface area contributed by atoms with Gasteiger partial charge in [0.1, 0.15) is 11.3 Å². The third-order valence-corrected chi connectivity index (χ3v) is 10.5. The fourth-order valence-corrected chi connectivity index (χ4v) is 8.16. The molecular formula is C32H56Cl2F2P2Pd. The van der Waals surface area contributed by atoms with Crippen LogP contribution in [0.5, 0.6) is 0 Å². The number of halogens is 4. The molecule has 0 saturated heterocycles. The normalized spacial score (nSPS) is 22.9. The van der Waals surface area contributed by atoms with E-state index in [0.29, 0.717) is 23.7 Å². The van der Waals surface area contributed by atoms with Crippen molar-refractivity contribution in [3.05, 3.63) is 24.3 Å². The van der Waals surface area contributed by atoms with E-state index in [0.717, 1.165) is 63.7 Å². The summed E-state index contributed by atoms with van der Waals surface area (Å²) in [4.78, 5) is 0. The SMILES string of the molecule is FC(C=CCP)(C1CCCCC1)C1CCCCC1.FC(C=CCP)(C1CCCCC1)C1CCCCC1.[Cl-].[Cl-].[Pd+2]. The molecule has 39 heavy (non-hydrogen) atoms. The molecule has 4 fully saturated rings. The Labute approximate surface area is 271 Å². The van der Waals surface area contributed by atoms with E-state index in [1.807, 2.05) is 24.3 Å². The monoisotopic (exact) mass is 716 g/mol. The predicted octanol–water partition coefficient (Wildman–Crippen LogP) is 4.58. The van der Waals surface area contributed by atoms with Crippen LogP contribution in [-0.2, 0) is 20.4 Å². The Morgan fingerprint density at radius 2 is 0.667 bits per heavy atom. The van der Waals surface area contributed by atoms with Gasteiger partial charge in [-0.25, -0.2) is 8.78 Å². The molecule has 0 heterocycles. The van der Waals surface area contributed by atoms with Crippen LogP contribution in [0.4, 0.5) is 8.78 Å². The van der Waals surface area contributed by atoms with Gasteiger partial charge in [-0.1, -0.05) is 101 Å². The van der Waals surface area contributed by atoms with Crippen LogP contribution in [0.2, 0.25) is 0 Å². The second-order valence-electron chi connectivity index (χ2n) is 12.3. The van der Waals surface area contributed by atoms with Gasteiger partial charge in [0.2, 0.25) is 0 Å². The maximum atomic E-state index is 15.7. The zero-order valence-corrected chi connectivity index (χ0v) is 29.5. The molecule has 4 rings (SSSR count). The van der Waals surface area contributed by atoms with Gasteiger partial charge in [-0.3, -0.25) is 0 Å². The minimum atomic E-state index is -1.00. The van der Waals surface area contributed by atoms with Gasteiger partial charge >= 0.3 is 20.4 Å². The Morgan fingerprint density at radius 3 is 0.846 bits per heavy atom. The first-order chi connectivity index (χ1) is 17.5. The van der Waals surface area contributed by atoms with E-state index in [9.17, 15) is 0 Å². The second-order valence-corrected chi connectivity index (χ2v) is 13.2. The van der Waals surface area contributed by atoms with E-state index in [1.165, 1.54) is 77.0 Å². The van der Waals surface area contributed by atoms with E-state index in [-0.39, 0.29) is 45.2 Å². The van der Waals surface area contributed by atoms with Gasteiger partial charge in [0.15, 0.2) is 0 Å². The van der Waals surface area contributed by atoms with E-state index in [1.54, 1.807) is 0 Å². The number of rotatable bonds is 8. The van der Waals surface area contributed by atoms with Crippen LogP contribution in [0.1, 0.15) is 128 Å². The second kappa shape index (κ2) is 22.0. The minimum Gasteiger partial charge on any atom is -1.00 e. The van der Waals surface area contributed by atoms with E-state index < -0.39 is 11.3 Å². The van der Waals surface area contributed by atoms with Crippen molar-refractivity contribution in [3.8, 4) is 0 Å². The molecule has 0 amide bonds. The Bertz CT molecular complexity index is 563. The van der Waals surface area contributed by atoms with Crippen molar-refractivity contribution < 1.29 is 54.0 Å². The summed E-state index contributed by atoms with van der Waals surface area (Å²) in [5, 5.41) is 0. The summed E-state index contributed by atoms with van der Waals surface area (Å²) >= 11 is 0. The molecule has 4 aliphatic carbocycles. The predicted molar refractivity (Wildman–Crippen MR) is 161 cm³/mol. The largest absolute Gasteiger partial charge is 2.00 e. The topological polar surface area (TPSA) is 0 Å². The van der Waals surface area contributed by atoms with Crippen molar-refractivity contribution in [2.45, 2.75) is 140 Å². The van der Waals surface area contributed by atoms with Gasteiger partial charge in [0.25, 0.3) is 0 Å². The number of hydrogen-bond donors (Lipinski definition) is 0. The fraction of sp³-hybridized carbons (Fsp3) is 0.875. The van der Waals surface area contributed by atoms with Gasteiger partial charge < -0.3 is 24.8 Å². The molecule has 0 aromatic heterocycles. The van der Waals surface area contributed by atoms with Gasteiger partial charge in [-0.05, 0) is 87.4 Å². The molecule has 2 unspecified atom stereocenters. The summed E-state index contributed by atoms with van der Waals surface area (Å²) in [6.07, 6.45) is 33.7. The molecule has 4 aliphatic rings. The first-order valence-corrected chi connectivity index (χ1v) is 17.3. The van der Waals surface area contributed by atoms with Crippen molar-refractivity contribution in [2.75, 3.05) is 12.3 Å². The molecule has 0 radical (unpaired) electrons. The van der Waals surface area contributed by atoms with E-state index >= 15 is 8.78 Å². The summed E-state index contributed by atoms with van der Waals surface area (Å²) in [6, 6.07) is 0. The third-order valence-electron chi connectivity index (χ3n) is 9.94. The van der Waals surface area contributed by atoms with Gasteiger partial charge in [0, 0.05) is 0 Å². The Morgan fingerprint density at radius 1 is 0.462 bits per heavy atom. The molecule has 0 aromatic carbocycles. The average Bonchev–Trinajstić information content (AvgIpc) is 2.97. The Hall–Kier alpha value is 1.44. The van der Waals surface area contributed by atoms with Gasteiger partial charge in [-0.2, -0.15) is 0 Å². The standard InChI is InChI=1S/2C16H28FP.2ClH.Pd/c2*17-16(12-7-13-18,14-8-3-1-4-9-14)15-10-5-2-6-11-15;;;/h2*7,12,14-15H,1-6,8-11,13,18H2;2*1H;/q;;;;+2/p-2. The molecule has 0 aliphatic heterocycles. The maximum Gasteiger partial charge on any atom is 2.00 e. The van der Waals surface area contributed by atoms with Crippen LogP contribution in [0.15, 0.2) is 24.3 Å². The molecule has 7 heteroatoms. The zero-order valence-electron chi connectivity index (χ0n) is 24.2. The molecule has 4 saturated carbocycles. The van der Waals surface area contributed by atoms with Crippen LogP contribution < -0.4 is 24.8 Å². The van der Waals surface area contributed by atoms with Crippen molar-refractivity contribution in [2.24, 2.45) is 23.7 Å². The molecule has 232 valence electrons. The Kier molecular flexibility index (Phi) is 22.8. The van der Waals surface area contributed by atoms with E-state index in [2.05, 4.69) is 18.5 Å². The summed E-state index contributed by atoms with van der Waals surface area (Å²) in [7, 11) is 5.36. The quantitative estimate of drug-likeness (QED) is 0.196. The van der Waals surface area contributed by atoms with Crippen LogP contribution in [0.25, 0.3) is 0 Å². The van der Waals surface area contributed by atoms with Crippen molar-refractivity contribution in [1.82, 2.24) is 0 Å². The Balaban J connectivity index is 0.000000688. The van der Waals surface area contributed by atoms with Crippen molar-refractivity contribution in [1.29, 1.82) is 0 Å². The van der Waals surface area contributed by atoms with Crippen LogP contribution in [0, 0.1) is 23.7 Å². The van der Waals surface area contributed by atoms with Crippen molar-refractivity contribution >= 4 is 18.5 Å². The number of allylic oxidation sites excluding steroid dienone is 4. The smallest absolute Gasteiger partial charge is 1.00 e. The minimum absolute atomic E-state index is 0. The van der Waals surface area contributed by atoms with Crippen LogP contribution in [-0.4, -0.2) is 23.7 Å². The van der Waals surface area contributed by atoms with Crippen molar-refractivity contribution in [3.63, 3.8) is 0 Å². The van der Waals surface area contributed by atoms with Gasteiger partial charge in [-0.15, -0.1) is 18.5 Å². The molecule has 0 nitrogen and oxygen atoms in total. The number of hydrogen-bond acceptors (Lipinski definition) is 0. The summed E-state index contributed by atoms with van der Waals surface area (Å²) < 4.78 is 31.3. The molecule has 2 atom stereocenters. The maximum absolute atomic E-state index is 15.7. The van der Waals surface area contributed by atoms with Crippen LogP contribution in [0.3, 0.4) is 0 Å². The molecule has 0 bridgehead atoms. The summed E-state index contributed by atoms with van der Waals surface area (Å²) in [6.45, 7) is 0. The third kappa shape index (κ3) is 12.2. The first-order valence-electron chi connectivity index (χ1n) is 15.7. The number of alkyl halides is 2. The molecule has 0 N–H and O–H groups in total. The fourth-order valence-electron chi connectivity index (χ4n) is 7.89. The zero-order chi connectivity index (χ0) is 25.7. The summed E-state index contributed by atoms with van der Waals surface area (Å²) in [5.74, 6) is 1.17. The summed E-state index contributed by atoms with van der Waals surface area (Å²) in [5.41, 5.74) is -2.01.